The number of carbonyl (C=O) groups is 3. The lowest BCUT2D eigenvalue weighted by atomic mass is 10.1. The Kier molecular flexibility index (Phi) is 15.0. The molecule has 22 nitrogen and oxygen atoms in total. The molecule has 0 spiro atoms. The van der Waals surface area contributed by atoms with Crippen LogP contribution in [0.1, 0.15) is 68.5 Å². The summed E-state index contributed by atoms with van der Waals surface area (Å²) in [5.74, 6) is 12.6. The van der Waals surface area contributed by atoms with Gasteiger partial charge in [0.15, 0.2) is 0 Å². The van der Waals surface area contributed by atoms with Crippen molar-refractivity contribution >= 4 is 73.4 Å². The topological polar surface area (TPSA) is 248 Å². The standard InChI is InChI=1S/C31H33N9O3.C26H25N9O/c1-18-26-28(40(8)37-18)27(33-17-32-26)21-14-23(11-9-20-10-12-24-22(13-20)16-34-39(24)7)35-25(15-21)36-29(41)19(2)38(6)30(42)43-31(3,4)5;1-15-23-25(35(5)33-15)24(29-14-28-23)18-11-20(31-22(12-18)32-26(36)16(2)27-3)8-6-17-7-9-21-19(10-17)13-30-34(21)4/h10,12-17,19H,1-8H3,(H,35,36,41);7,9-14,16,27H,1-5H3,(H,31,32,36). The van der Waals surface area contributed by atoms with Crippen molar-refractivity contribution in [1.29, 1.82) is 0 Å². The van der Waals surface area contributed by atoms with Crippen LogP contribution in [0.15, 0.2) is 85.7 Å². The number of pyridine rings is 2. The number of amides is 3. The number of rotatable bonds is 8. The number of anilines is 2. The van der Waals surface area contributed by atoms with Crippen LogP contribution in [0.5, 0.6) is 0 Å². The highest BCUT2D eigenvalue weighted by molar-refractivity contribution is 5.98. The highest BCUT2D eigenvalue weighted by Gasteiger charge is 2.28. The van der Waals surface area contributed by atoms with Gasteiger partial charge in [-0.2, -0.15) is 20.4 Å². The first-order chi connectivity index (χ1) is 37.6. The second-order valence-electron chi connectivity index (χ2n) is 19.8. The van der Waals surface area contributed by atoms with E-state index < -0.39 is 23.6 Å². The lowest BCUT2D eigenvalue weighted by molar-refractivity contribution is -0.120. The molecule has 0 radical (unpaired) electrons. The summed E-state index contributed by atoms with van der Waals surface area (Å²) in [7, 11) is 10.7. The summed E-state index contributed by atoms with van der Waals surface area (Å²) < 4.78 is 12.5. The molecule has 8 aromatic heterocycles. The zero-order valence-corrected chi connectivity index (χ0v) is 46.1. The summed E-state index contributed by atoms with van der Waals surface area (Å²) in [6.07, 6.45) is 5.99. The molecule has 0 aliphatic carbocycles. The van der Waals surface area contributed by atoms with E-state index in [2.05, 4.69) is 89.9 Å². The van der Waals surface area contributed by atoms with E-state index in [1.54, 1.807) is 74.0 Å². The molecule has 400 valence electrons. The summed E-state index contributed by atoms with van der Waals surface area (Å²) in [6.45, 7) is 12.5. The number of aryl methyl sites for hydroxylation is 6. The predicted octanol–water partition coefficient (Wildman–Crippen LogP) is 6.78. The first-order valence-corrected chi connectivity index (χ1v) is 25.1. The molecule has 79 heavy (non-hydrogen) atoms. The number of carbonyl (C=O) groups excluding carboxylic acids is 3. The lowest BCUT2D eigenvalue weighted by Gasteiger charge is -2.28. The molecule has 2 atom stereocenters. The van der Waals surface area contributed by atoms with Crippen molar-refractivity contribution in [1.82, 2.24) is 79.2 Å². The van der Waals surface area contributed by atoms with Gasteiger partial charge in [0.25, 0.3) is 0 Å². The Morgan fingerprint density at radius 3 is 1.52 bits per heavy atom. The first-order valence-electron chi connectivity index (χ1n) is 25.1. The van der Waals surface area contributed by atoms with E-state index in [1.807, 2.05) is 101 Å². The van der Waals surface area contributed by atoms with Crippen LogP contribution in [-0.2, 0) is 42.5 Å². The van der Waals surface area contributed by atoms with E-state index in [1.165, 1.54) is 24.6 Å². The minimum absolute atomic E-state index is 0.202. The molecule has 0 saturated heterocycles. The van der Waals surface area contributed by atoms with Gasteiger partial charge in [0.05, 0.1) is 52.2 Å². The summed E-state index contributed by atoms with van der Waals surface area (Å²) in [5, 5.41) is 28.2. The van der Waals surface area contributed by atoms with Gasteiger partial charge in [-0.25, -0.2) is 34.7 Å². The van der Waals surface area contributed by atoms with Gasteiger partial charge in [-0.3, -0.25) is 33.2 Å². The fraction of sp³-hybridized carbons (Fsp3) is 0.281. The Labute approximate surface area is 455 Å². The Morgan fingerprint density at radius 2 is 1.08 bits per heavy atom. The van der Waals surface area contributed by atoms with Crippen LogP contribution in [-0.4, -0.2) is 124 Å². The molecule has 2 unspecified atom stereocenters. The van der Waals surface area contributed by atoms with E-state index in [-0.39, 0.29) is 17.8 Å². The molecule has 3 N–H and O–H groups in total. The van der Waals surface area contributed by atoms with Gasteiger partial charge < -0.3 is 20.7 Å². The minimum Gasteiger partial charge on any atom is -0.444 e. The van der Waals surface area contributed by atoms with Gasteiger partial charge in [-0.05, 0) is 128 Å². The number of benzene rings is 2. The maximum Gasteiger partial charge on any atom is 0.410 e. The molecule has 10 rings (SSSR count). The van der Waals surface area contributed by atoms with Gasteiger partial charge in [0.2, 0.25) is 11.8 Å². The highest BCUT2D eigenvalue weighted by atomic mass is 16.6. The molecule has 22 heteroatoms. The maximum atomic E-state index is 13.3. The van der Waals surface area contributed by atoms with Crippen LogP contribution in [0.25, 0.3) is 66.4 Å². The molecule has 0 bridgehead atoms. The zero-order valence-electron chi connectivity index (χ0n) is 46.1. The second kappa shape index (κ2) is 22.0. The Balaban J connectivity index is 0.000000195. The van der Waals surface area contributed by atoms with Crippen molar-refractivity contribution in [2.75, 3.05) is 24.7 Å². The third-order valence-electron chi connectivity index (χ3n) is 12.9. The van der Waals surface area contributed by atoms with Crippen molar-refractivity contribution in [2.24, 2.45) is 28.2 Å². The largest absolute Gasteiger partial charge is 0.444 e. The van der Waals surface area contributed by atoms with Crippen molar-refractivity contribution in [3.05, 3.63) is 120 Å². The maximum absolute atomic E-state index is 13.3. The summed E-state index contributed by atoms with van der Waals surface area (Å²) in [6, 6.07) is 17.7. The molecule has 0 aliphatic heterocycles. The highest BCUT2D eigenvalue weighted by Crippen LogP contribution is 2.31. The van der Waals surface area contributed by atoms with Crippen LogP contribution in [0.4, 0.5) is 16.4 Å². The average Bonchev–Trinajstić information content (AvgIpc) is 4.33. The second-order valence-corrected chi connectivity index (χ2v) is 19.8. The van der Waals surface area contributed by atoms with E-state index in [0.29, 0.717) is 34.2 Å². The minimum atomic E-state index is -0.841. The molecular weight excluding hydrogens is 1000 g/mol. The monoisotopic (exact) mass is 1060 g/mol. The Bertz CT molecular complexity index is 4160. The van der Waals surface area contributed by atoms with Crippen molar-refractivity contribution in [2.45, 2.75) is 66.2 Å². The molecule has 2 aromatic carbocycles. The number of hydrogen-bond donors (Lipinski definition) is 3. The van der Waals surface area contributed by atoms with Crippen LogP contribution < -0.4 is 16.0 Å². The van der Waals surface area contributed by atoms with E-state index in [9.17, 15) is 14.4 Å². The molecular formula is C57H58N18O4. The molecule has 0 fully saturated rings. The normalized spacial score (nSPS) is 12.0. The van der Waals surface area contributed by atoms with Crippen LogP contribution in [0.3, 0.4) is 0 Å². The van der Waals surface area contributed by atoms with E-state index in [0.717, 1.165) is 72.0 Å². The van der Waals surface area contributed by atoms with Crippen molar-refractivity contribution < 1.29 is 19.1 Å². The SMILES string of the molecule is CNC(C)C(=O)Nc1cc(-c2ncnc3c(C)nn(C)c23)cc(C#Cc2ccc3c(cnn3C)c2)n1.Cc1nn(C)c2c(-c3cc(C#Cc4ccc5c(cnn5C)c4)nc(NC(=O)C(C)N(C)C(=O)OC(C)(C)C)c3)ncnc12. The van der Waals surface area contributed by atoms with Gasteiger partial charge in [-0.15, -0.1) is 0 Å². The van der Waals surface area contributed by atoms with Gasteiger partial charge in [0, 0.05) is 68.3 Å². The summed E-state index contributed by atoms with van der Waals surface area (Å²) in [4.78, 5) is 66.8. The first kappa shape index (κ1) is 53.9. The number of aromatic nitrogens is 14. The smallest absolute Gasteiger partial charge is 0.410 e. The number of nitrogens with zero attached hydrogens (tertiary/aromatic N) is 15. The van der Waals surface area contributed by atoms with Crippen LogP contribution in [0, 0.1) is 37.5 Å². The van der Waals surface area contributed by atoms with Gasteiger partial charge in [0.1, 0.15) is 69.4 Å². The molecule has 8 heterocycles. The quantitative estimate of drug-likeness (QED) is 0.133. The number of ether oxygens (including phenoxy) is 1. The number of hydrogen-bond acceptors (Lipinski definition) is 15. The van der Waals surface area contributed by atoms with Gasteiger partial charge >= 0.3 is 6.09 Å². The average molecular weight is 1060 g/mol. The summed E-state index contributed by atoms with van der Waals surface area (Å²) >= 11 is 0. The molecule has 0 saturated carbocycles. The lowest BCUT2D eigenvalue weighted by Crippen LogP contribution is -2.45. The third-order valence-corrected chi connectivity index (χ3v) is 12.9. The predicted molar refractivity (Wildman–Crippen MR) is 301 cm³/mol. The van der Waals surface area contributed by atoms with E-state index >= 15 is 0 Å². The van der Waals surface area contributed by atoms with Crippen LogP contribution in [0.2, 0.25) is 0 Å². The Morgan fingerprint density at radius 1 is 0.620 bits per heavy atom. The number of fused-ring (bicyclic) bond motifs is 4. The number of likely N-dealkylation sites (N-methyl/N-ethyl adjacent to an activating group) is 2. The van der Waals surface area contributed by atoms with Crippen LogP contribution >= 0.6 is 0 Å². The molecule has 0 aliphatic rings. The van der Waals surface area contributed by atoms with E-state index in [4.69, 9.17) is 4.74 Å². The zero-order chi connectivity index (χ0) is 56.4. The van der Waals surface area contributed by atoms with Crippen molar-refractivity contribution in [3.63, 3.8) is 0 Å². The molecule has 3 amide bonds. The van der Waals surface area contributed by atoms with Crippen molar-refractivity contribution in [3.8, 4) is 46.2 Å². The third kappa shape index (κ3) is 11.7. The van der Waals surface area contributed by atoms with Gasteiger partial charge in [-0.1, -0.05) is 11.8 Å². The number of nitrogens with one attached hydrogen (secondary N) is 3. The Hall–Kier alpha value is -9.93. The fourth-order valence-electron chi connectivity index (χ4n) is 8.58. The fourth-order valence-corrected chi connectivity index (χ4v) is 8.58. The summed E-state index contributed by atoms with van der Waals surface area (Å²) in [5.41, 5.74) is 11.2. The molecule has 10 aromatic rings.